The molecule has 4 aromatic rings. The van der Waals surface area contributed by atoms with Crippen LogP contribution in [0.25, 0.3) is 16.6 Å². The van der Waals surface area contributed by atoms with Gasteiger partial charge >= 0.3 is 0 Å². The smallest absolute Gasteiger partial charge is 0.258 e. The van der Waals surface area contributed by atoms with Gasteiger partial charge in [0.2, 0.25) is 0 Å². The second-order valence-corrected chi connectivity index (χ2v) is 9.27. The summed E-state index contributed by atoms with van der Waals surface area (Å²) < 4.78 is 9.91. The molecule has 5 nitrogen and oxygen atoms in total. The lowest BCUT2D eigenvalue weighted by atomic mass is 9.91. The van der Waals surface area contributed by atoms with Crippen molar-refractivity contribution in [2.24, 2.45) is 7.05 Å². The zero-order chi connectivity index (χ0) is 22.4. The molecule has 1 saturated heterocycles. The van der Waals surface area contributed by atoms with Crippen molar-refractivity contribution < 1.29 is 4.74 Å². The zero-order valence-electron chi connectivity index (χ0n) is 19.4. The van der Waals surface area contributed by atoms with Gasteiger partial charge in [-0.2, -0.15) is 0 Å². The number of nitrogens with zero attached hydrogens (tertiary/aromatic N) is 3. The minimum absolute atomic E-state index is 0. The number of fused-ring (bicyclic) bond motifs is 5. The van der Waals surface area contributed by atoms with Crippen LogP contribution in [-0.2, 0) is 20.1 Å². The first kappa shape index (κ1) is 22.8. The Balaban J connectivity index is 0.00000241. The monoisotopic (exact) mass is 475 g/mol. The number of piperidine rings is 1. The van der Waals surface area contributed by atoms with E-state index >= 15 is 0 Å². The average molecular weight is 476 g/mol. The molecule has 1 atom stereocenters. The second kappa shape index (κ2) is 9.32. The van der Waals surface area contributed by atoms with Crippen molar-refractivity contribution in [2.45, 2.75) is 38.3 Å². The van der Waals surface area contributed by atoms with Crippen LogP contribution in [0.5, 0.6) is 5.75 Å². The highest BCUT2D eigenvalue weighted by molar-refractivity contribution is 5.87. The standard InChI is InChI=1S/C28H29N3O2.ClH/c1-29-26-17-21(10-11-23(26)24-13-15-30-14-6-5-9-25(30)28(24)29)31-16-12-22(18-27(31)32)33-19-20-7-3-2-4-8-20;/h2-4,7-8,10-12,16-18,25H,5-6,9,13-15,19H2,1H3;1H. The van der Waals surface area contributed by atoms with Crippen molar-refractivity contribution in [1.82, 2.24) is 14.0 Å². The molecule has 4 heterocycles. The van der Waals surface area contributed by atoms with E-state index in [0.717, 1.165) is 24.2 Å². The summed E-state index contributed by atoms with van der Waals surface area (Å²) in [6.07, 6.45) is 6.79. The molecular weight excluding hydrogens is 446 g/mol. The summed E-state index contributed by atoms with van der Waals surface area (Å²) in [6, 6.07) is 20.4. The van der Waals surface area contributed by atoms with Crippen LogP contribution in [0.3, 0.4) is 0 Å². The van der Waals surface area contributed by atoms with Gasteiger partial charge in [-0.1, -0.05) is 42.8 Å². The Morgan fingerprint density at radius 1 is 1.00 bits per heavy atom. The number of benzene rings is 2. The quantitative estimate of drug-likeness (QED) is 0.396. The van der Waals surface area contributed by atoms with E-state index in [1.54, 1.807) is 10.6 Å². The Bertz CT molecular complexity index is 1380. The summed E-state index contributed by atoms with van der Waals surface area (Å²) in [5, 5.41) is 1.33. The fourth-order valence-corrected chi connectivity index (χ4v) is 5.69. The van der Waals surface area contributed by atoms with Crippen LogP contribution in [0.2, 0.25) is 0 Å². The zero-order valence-corrected chi connectivity index (χ0v) is 20.3. The number of halogens is 1. The minimum Gasteiger partial charge on any atom is -0.489 e. The molecule has 0 saturated carbocycles. The molecule has 176 valence electrons. The van der Waals surface area contributed by atoms with Crippen molar-refractivity contribution in [3.05, 3.63) is 94.0 Å². The largest absolute Gasteiger partial charge is 0.489 e. The summed E-state index contributed by atoms with van der Waals surface area (Å²) in [7, 11) is 2.19. The maximum absolute atomic E-state index is 12.9. The van der Waals surface area contributed by atoms with Gasteiger partial charge in [-0.3, -0.25) is 14.3 Å². The molecule has 2 aliphatic rings. The highest BCUT2D eigenvalue weighted by Gasteiger charge is 2.33. The fraction of sp³-hybridized carbons (Fsp3) is 0.321. The van der Waals surface area contributed by atoms with Crippen molar-refractivity contribution >= 4 is 23.3 Å². The van der Waals surface area contributed by atoms with Gasteiger partial charge < -0.3 is 9.30 Å². The van der Waals surface area contributed by atoms with Crippen molar-refractivity contribution in [1.29, 1.82) is 0 Å². The molecule has 34 heavy (non-hydrogen) atoms. The third-order valence-electron chi connectivity index (χ3n) is 7.33. The van der Waals surface area contributed by atoms with E-state index in [1.807, 2.05) is 42.6 Å². The molecule has 1 fully saturated rings. The van der Waals surface area contributed by atoms with E-state index in [2.05, 4.69) is 34.7 Å². The van der Waals surface area contributed by atoms with Gasteiger partial charge in [0, 0.05) is 36.9 Å². The van der Waals surface area contributed by atoms with Crippen molar-refractivity contribution in [3.63, 3.8) is 0 Å². The fourth-order valence-electron chi connectivity index (χ4n) is 5.69. The summed E-state index contributed by atoms with van der Waals surface area (Å²) in [5.41, 5.74) is 6.07. The molecular formula is C28H30ClN3O2. The number of ether oxygens (including phenoxy) is 1. The lowest BCUT2D eigenvalue weighted by molar-refractivity contribution is 0.133. The molecule has 6 rings (SSSR count). The van der Waals surface area contributed by atoms with E-state index in [-0.39, 0.29) is 18.0 Å². The molecule has 0 radical (unpaired) electrons. The Kier molecular flexibility index (Phi) is 6.24. The first-order valence-electron chi connectivity index (χ1n) is 11.9. The van der Waals surface area contributed by atoms with Crippen LogP contribution in [0.4, 0.5) is 0 Å². The molecule has 0 spiro atoms. The van der Waals surface area contributed by atoms with Crippen molar-refractivity contribution in [2.75, 3.05) is 13.1 Å². The van der Waals surface area contributed by atoms with Gasteiger partial charge in [-0.15, -0.1) is 12.4 Å². The summed E-state index contributed by atoms with van der Waals surface area (Å²) >= 11 is 0. The predicted molar refractivity (Wildman–Crippen MR) is 138 cm³/mol. The molecule has 1 unspecified atom stereocenters. The van der Waals surface area contributed by atoms with Gasteiger partial charge in [0.15, 0.2) is 0 Å². The molecule has 2 aromatic carbocycles. The summed E-state index contributed by atoms with van der Waals surface area (Å²) in [5.74, 6) is 0.591. The molecule has 0 N–H and O–H groups in total. The van der Waals surface area contributed by atoms with Crippen LogP contribution < -0.4 is 10.3 Å². The van der Waals surface area contributed by atoms with E-state index < -0.39 is 0 Å². The van der Waals surface area contributed by atoms with Crippen LogP contribution in [-0.4, -0.2) is 27.1 Å². The third-order valence-corrected chi connectivity index (χ3v) is 7.33. The molecule has 6 heteroatoms. The topological polar surface area (TPSA) is 39.4 Å². The van der Waals surface area contributed by atoms with Crippen LogP contribution >= 0.6 is 12.4 Å². The van der Waals surface area contributed by atoms with Gasteiger partial charge in [0.1, 0.15) is 12.4 Å². The second-order valence-electron chi connectivity index (χ2n) is 9.27. The SMILES string of the molecule is Cl.Cn1c2c(c3ccc(-n4ccc(OCc5ccccc5)cc4=O)cc31)CCN1CCCCC21. The Hall–Kier alpha value is -3.02. The first-order chi connectivity index (χ1) is 16.2. The Labute approximate surface area is 206 Å². The van der Waals surface area contributed by atoms with E-state index in [4.69, 9.17) is 4.74 Å². The highest BCUT2D eigenvalue weighted by Crippen LogP contribution is 2.41. The Morgan fingerprint density at radius 2 is 1.85 bits per heavy atom. The lowest BCUT2D eigenvalue weighted by Gasteiger charge is -2.40. The maximum Gasteiger partial charge on any atom is 0.258 e. The first-order valence-corrected chi connectivity index (χ1v) is 11.9. The number of rotatable bonds is 4. The van der Waals surface area contributed by atoms with E-state index in [9.17, 15) is 4.79 Å². The van der Waals surface area contributed by atoms with Gasteiger partial charge in [-0.25, -0.2) is 0 Å². The third kappa shape index (κ3) is 3.93. The van der Waals surface area contributed by atoms with Crippen LogP contribution in [0, 0.1) is 0 Å². The number of aromatic nitrogens is 2. The van der Waals surface area contributed by atoms with Gasteiger partial charge in [-0.05, 0) is 55.1 Å². The van der Waals surface area contributed by atoms with Crippen molar-refractivity contribution in [3.8, 4) is 11.4 Å². The maximum atomic E-state index is 12.9. The number of aryl methyl sites for hydroxylation is 1. The number of hydrogen-bond acceptors (Lipinski definition) is 3. The molecule has 2 aromatic heterocycles. The molecule has 0 aliphatic carbocycles. The summed E-state index contributed by atoms with van der Waals surface area (Å²) in [4.78, 5) is 15.6. The average Bonchev–Trinajstić information content (AvgIpc) is 3.15. The Morgan fingerprint density at radius 3 is 2.68 bits per heavy atom. The van der Waals surface area contributed by atoms with Crippen LogP contribution in [0.15, 0.2) is 71.7 Å². The minimum atomic E-state index is -0.0858. The van der Waals surface area contributed by atoms with E-state index in [0.29, 0.717) is 18.4 Å². The predicted octanol–water partition coefficient (Wildman–Crippen LogP) is 5.41. The molecule has 0 bridgehead atoms. The number of pyridine rings is 1. The van der Waals surface area contributed by atoms with Gasteiger partial charge in [0.05, 0.1) is 17.2 Å². The normalized spacial score (nSPS) is 17.6. The van der Waals surface area contributed by atoms with Gasteiger partial charge in [0.25, 0.3) is 5.56 Å². The van der Waals surface area contributed by atoms with E-state index in [1.165, 1.54) is 48.0 Å². The van der Waals surface area contributed by atoms with Crippen LogP contribution in [0.1, 0.15) is 42.1 Å². The lowest BCUT2D eigenvalue weighted by Crippen LogP contribution is -2.39. The molecule has 2 aliphatic heterocycles. The number of hydrogen-bond donors (Lipinski definition) is 0. The highest BCUT2D eigenvalue weighted by atomic mass is 35.5. The summed E-state index contributed by atoms with van der Waals surface area (Å²) in [6.45, 7) is 2.82. The molecule has 0 amide bonds.